The number of cyclic esters (lactones) is 1. The third-order valence-electron chi connectivity index (χ3n) is 3.10. The van der Waals surface area contributed by atoms with E-state index in [0.717, 1.165) is 10.9 Å². The van der Waals surface area contributed by atoms with Crippen molar-refractivity contribution in [3.63, 3.8) is 0 Å². The molecule has 2 N–H and O–H groups in total. The normalized spacial score (nSPS) is 15.3. The van der Waals surface area contributed by atoms with Crippen LogP contribution >= 0.6 is 0 Å². The van der Waals surface area contributed by atoms with Crippen LogP contribution in [0.15, 0.2) is 24.4 Å². The van der Waals surface area contributed by atoms with Gasteiger partial charge in [0, 0.05) is 17.6 Å². The summed E-state index contributed by atoms with van der Waals surface area (Å²) >= 11 is 0. The van der Waals surface area contributed by atoms with E-state index in [1.165, 1.54) is 0 Å². The summed E-state index contributed by atoms with van der Waals surface area (Å²) in [5.41, 5.74) is 7.47. The molecule has 1 aliphatic rings. The number of nitrogen functional groups attached to an aromatic ring is 1. The van der Waals surface area contributed by atoms with E-state index in [4.69, 9.17) is 10.5 Å². The Kier molecular flexibility index (Phi) is 2.55. The molecule has 6 heteroatoms. The van der Waals surface area contributed by atoms with Crippen molar-refractivity contribution in [2.24, 2.45) is 0 Å². The molecule has 1 aromatic heterocycles. The Labute approximate surface area is 104 Å². The van der Waals surface area contributed by atoms with Gasteiger partial charge >= 0.3 is 6.09 Å². The van der Waals surface area contributed by atoms with Gasteiger partial charge in [-0.25, -0.2) is 4.79 Å². The van der Waals surface area contributed by atoms with E-state index < -0.39 is 0 Å². The summed E-state index contributed by atoms with van der Waals surface area (Å²) in [6.45, 7) is 2.37. The first kappa shape index (κ1) is 10.9. The van der Waals surface area contributed by atoms with E-state index in [9.17, 15) is 4.79 Å². The highest BCUT2D eigenvalue weighted by Gasteiger charge is 2.21. The molecule has 6 nitrogen and oxygen atoms in total. The third kappa shape index (κ3) is 1.85. The Balaban J connectivity index is 1.78. The Hall–Kier alpha value is -2.24. The monoisotopic (exact) mass is 246 g/mol. The van der Waals surface area contributed by atoms with Crippen LogP contribution in [0.3, 0.4) is 0 Å². The molecule has 2 heterocycles. The summed E-state index contributed by atoms with van der Waals surface area (Å²) in [4.78, 5) is 13.0. The number of nitrogens with two attached hydrogens (primary N) is 1. The molecule has 0 bridgehead atoms. The van der Waals surface area contributed by atoms with Crippen molar-refractivity contribution in [3.05, 3.63) is 24.4 Å². The zero-order valence-corrected chi connectivity index (χ0v) is 9.87. The molecular formula is C12H14N4O2. The van der Waals surface area contributed by atoms with Crippen molar-refractivity contribution in [1.82, 2.24) is 14.7 Å². The SMILES string of the molecule is Nc1ccc2cnn(CCN3CCOC3=O)c2c1. The number of ether oxygens (including phenoxy) is 1. The minimum Gasteiger partial charge on any atom is -0.448 e. The molecular weight excluding hydrogens is 232 g/mol. The fraction of sp³-hybridized carbons (Fsp3) is 0.333. The summed E-state index contributed by atoms with van der Waals surface area (Å²) in [7, 11) is 0. The van der Waals surface area contributed by atoms with Crippen molar-refractivity contribution in [2.75, 3.05) is 25.4 Å². The Morgan fingerprint density at radius 2 is 2.28 bits per heavy atom. The first-order chi connectivity index (χ1) is 8.74. The average Bonchev–Trinajstić information content (AvgIpc) is 2.93. The van der Waals surface area contributed by atoms with Crippen molar-refractivity contribution >= 4 is 22.7 Å². The number of nitrogens with zero attached hydrogens (tertiary/aromatic N) is 3. The van der Waals surface area contributed by atoms with E-state index in [1.807, 2.05) is 22.9 Å². The molecule has 1 aliphatic heterocycles. The van der Waals surface area contributed by atoms with E-state index in [0.29, 0.717) is 31.9 Å². The summed E-state index contributed by atoms with van der Waals surface area (Å²) in [5, 5.41) is 5.35. The summed E-state index contributed by atoms with van der Waals surface area (Å²) < 4.78 is 6.74. The van der Waals surface area contributed by atoms with Crippen LogP contribution in [0.2, 0.25) is 0 Å². The number of rotatable bonds is 3. The first-order valence-electron chi connectivity index (χ1n) is 5.87. The van der Waals surface area contributed by atoms with Crippen molar-refractivity contribution < 1.29 is 9.53 Å². The van der Waals surface area contributed by atoms with Crippen molar-refractivity contribution in [1.29, 1.82) is 0 Å². The maximum atomic E-state index is 11.3. The van der Waals surface area contributed by atoms with Crippen LogP contribution in [0.1, 0.15) is 0 Å². The molecule has 0 radical (unpaired) electrons. The number of carbonyl (C=O) groups is 1. The van der Waals surface area contributed by atoms with Crippen LogP contribution in [0.25, 0.3) is 10.9 Å². The number of anilines is 1. The van der Waals surface area contributed by atoms with E-state index >= 15 is 0 Å². The lowest BCUT2D eigenvalue weighted by atomic mass is 10.2. The molecule has 0 unspecified atom stereocenters. The van der Waals surface area contributed by atoms with Gasteiger partial charge in [0.15, 0.2) is 0 Å². The number of hydrogen-bond donors (Lipinski definition) is 1. The second-order valence-corrected chi connectivity index (χ2v) is 4.29. The summed E-state index contributed by atoms with van der Waals surface area (Å²) in [6.07, 6.45) is 1.56. The molecule has 1 saturated heterocycles. The minimum atomic E-state index is -0.244. The average molecular weight is 246 g/mol. The third-order valence-corrected chi connectivity index (χ3v) is 3.10. The lowest BCUT2D eigenvalue weighted by molar-refractivity contribution is 0.157. The van der Waals surface area contributed by atoms with Crippen LogP contribution in [0.4, 0.5) is 10.5 Å². The standard InChI is InChI=1S/C12H14N4O2/c13-10-2-1-9-8-14-16(11(9)7-10)4-3-15-5-6-18-12(15)17/h1-2,7-8H,3-6,13H2. The maximum absolute atomic E-state index is 11.3. The second-order valence-electron chi connectivity index (χ2n) is 4.29. The predicted octanol–water partition coefficient (Wildman–Crippen LogP) is 1.07. The molecule has 18 heavy (non-hydrogen) atoms. The number of benzene rings is 1. The van der Waals surface area contributed by atoms with Gasteiger partial charge in [-0.15, -0.1) is 0 Å². The number of carbonyl (C=O) groups excluding carboxylic acids is 1. The van der Waals surface area contributed by atoms with Gasteiger partial charge in [0.1, 0.15) is 6.61 Å². The Morgan fingerprint density at radius 3 is 3.06 bits per heavy atom. The van der Waals surface area contributed by atoms with Gasteiger partial charge in [-0.3, -0.25) is 4.68 Å². The summed E-state index contributed by atoms with van der Waals surface area (Å²) in [5.74, 6) is 0. The molecule has 0 spiro atoms. The van der Waals surface area contributed by atoms with Crippen LogP contribution in [-0.4, -0.2) is 40.5 Å². The van der Waals surface area contributed by atoms with Gasteiger partial charge in [0.25, 0.3) is 0 Å². The minimum absolute atomic E-state index is 0.244. The Bertz CT molecular complexity index is 593. The predicted molar refractivity (Wildman–Crippen MR) is 67.1 cm³/mol. The quantitative estimate of drug-likeness (QED) is 0.822. The van der Waals surface area contributed by atoms with Crippen LogP contribution in [0, 0.1) is 0 Å². The van der Waals surface area contributed by atoms with Gasteiger partial charge in [0.05, 0.1) is 24.8 Å². The lowest BCUT2D eigenvalue weighted by Crippen LogP contribution is -2.28. The number of aromatic nitrogens is 2. The van der Waals surface area contributed by atoms with Crippen LogP contribution < -0.4 is 5.73 Å². The number of hydrogen-bond acceptors (Lipinski definition) is 4. The van der Waals surface area contributed by atoms with Crippen molar-refractivity contribution in [2.45, 2.75) is 6.54 Å². The van der Waals surface area contributed by atoms with Crippen LogP contribution in [-0.2, 0) is 11.3 Å². The first-order valence-corrected chi connectivity index (χ1v) is 5.87. The zero-order chi connectivity index (χ0) is 12.5. The molecule has 0 saturated carbocycles. The van der Waals surface area contributed by atoms with E-state index in [-0.39, 0.29) is 6.09 Å². The van der Waals surface area contributed by atoms with Gasteiger partial charge in [-0.1, -0.05) is 0 Å². The highest BCUT2D eigenvalue weighted by Crippen LogP contribution is 2.17. The second kappa shape index (κ2) is 4.21. The van der Waals surface area contributed by atoms with Gasteiger partial charge in [-0.2, -0.15) is 5.10 Å². The van der Waals surface area contributed by atoms with Gasteiger partial charge in [0.2, 0.25) is 0 Å². The van der Waals surface area contributed by atoms with E-state index in [2.05, 4.69) is 5.10 Å². The fourth-order valence-electron chi connectivity index (χ4n) is 2.11. The Morgan fingerprint density at radius 1 is 1.39 bits per heavy atom. The molecule has 0 aliphatic carbocycles. The number of amides is 1. The van der Waals surface area contributed by atoms with Crippen molar-refractivity contribution in [3.8, 4) is 0 Å². The van der Waals surface area contributed by atoms with E-state index in [1.54, 1.807) is 11.1 Å². The topological polar surface area (TPSA) is 73.4 Å². The highest BCUT2D eigenvalue weighted by molar-refractivity contribution is 5.81. The molecule has 1 amide bonds. The zero-order valence-electron chi connectivity index (χ0n) is 9.87. The van der Waals surface area contributed by atoms with Crippen LogP contribution in [0.5, 0.6) is 0 Å². The molecule has 1 fully saturated rings. The molecule has 2 aromatic rings. The molecule has 1 aromatic carbocycles. The van der Waals surface area contributed by atoms with Gasteiger partial charge < -0.3 is 15.4 Å². The van der Waals surface area contributed by atoms with Gasteiger partial charge in [-0.05, 0) is 18.2 Å². The summed E-state index contributed by atoms with van der Waals surface area (Å²) in [6, 6.07) is 5.69. The molecule has 94 valence electrons. The molecule has 0 atom stereocenters. The largest absolute Gasteiger partial charge is 0.448 e. The fourth-order valence-corrected chi connectivity index (χ4v) is 2.11. The maximum Gasteiger partial charge on any atom is 0.410 e. The smallest absolute Gasteiger partial charge is 0.410 e. The highest BCUT2D eigenvalue weighted by atomic mass is 16.6. The lowest BCUT2D eigenvalue weighted by Gasteiger charge is -2.12. The molecule has 3 rings (SSSR count). The number of fused-ring (bicyclic) bond motifs is 1.